The van der Waals surface area contributed by atoms with Crippen molar-refractivity contribution >= 4 is 11.7 Å². The molecular formula is C19H18FNO3. The highest BCUT2D eigenvalue weighted by Crippen LogP contribution is 2.30. The molecule has 1 atom stereocenters. The Balaban J connectivity index is 1.58. The second-order valence-corrected chi connectivity index (χ2v) is 5.83. The molecule has 2 aromatic rings. The van der Waals surface area contributed by atoms with E-state index in [9.17, 15) is 14.0 Å². The number of halogens is 1. The number of amides is 1. The highest BCUT2D eigenvalue weighted by Gasteiger charge is 2.23. The van der Waals surface area contributed by atoms with Gasteiger partial charge in [0, 0.05) is 17.5 Å². The molecule has 0 aromatic heterocycles. The molecule has 2 aromatic carbocycles. The van der Waals surface area contributed by atoms with Gasteiger partial charge in [0.1, 0.15) is 11.6 Å². The molecule has 3 rings (SSSR count). The largest absolute Gasteiger partial charge is 0.483 e. The van der Waals surface area contributed by atoms with Crippen molar-refractivity contribution in [1.29, 1.82) is 0 Å². The predicted molar refractivity (Wildman–Crippen MR) is 87.5 cm³/mol. The van der Waals surface area contributed by atoms with Gasteiger partial charge in [-0.3, -0.25) is 9.59 Å². The van der Waals surface area contributed by atoms with Gasteiger partial charge in [-0.25, -0.2) is 4.39 Å². The van der Waals surface area contributed by atoms with Crippen LogP contribution in [0.4, 0.5) is 4.39 Å². The van der Waals surface area contributed by atoms with Crippen molar-refractivity contribution in [2.45, 2.75) is 25.8 Å². The topological polar surface area (TPSA) is 55.4 Å². The summed E-state index contributed by atoms with van der Waals surface area (Å²) in [6, 6.07) is 11.1. The average molecular weight is 327 g/mol. The van der Waals surface area contributed by atoms with Gasteiger partial charge in [0.25, 0.3) is 5.91 Å². The minimum absolute atomic E-state index is 0.116. The third-order valence-electron chi connectivity index (χ3n) is 4.14. The number of carbonyl (C=O) groups excluding carboxylic acids is 2. The summed E-state index contributed by atoms with van der Waals surface area (Å²) in [6.45, 7) is 1.69. The van der Waals surface area contributed by atoms with Crippen molar-refractivity contribution in [1.82, 2.24) is 5.32 Å². The van der Waals surface area contributed by atoms with Crippen LogP contribution >= 0.6 is 0 Å². The van der Waals surface area contributed by atoms with Gasteiger partial charge in [0.05, 0.1) is 6.04 Å². The molecule has 1 aliphatic carbocycles. The molecule has 0 aliphatic heterocycles. The summed E-state index contributed by atoms with van der Waals surface area (Å²) < 4.78 is 18.5. The molecule has 0 bridgehead atoms. The SMILES string of the molecule is CC(NC(=O)COc1cccc2c1CCC2=O)c1ccc(F)cc1. The summed E-state index contributed by atoms with van der Waals surface area (Å²) in [7, 11) is 0. The number of Topliss-reactive ketones (excluding diaryl/α,β-unsaturated/α-hetero) is 1. The summed E-state index contributed by atoms with van der Waals surface area (Å²) in [5.74, 6) is 0.120. The van der Waals surface area contributed by atoms with Gasteiger partial charge in [-0.05, 0) is 37.1 Å². The Bertz CT molecular complexity index is 771. The van der Waals surface area contributed by atoms with Crippen molar-refractivity contribution in [2.75, 3.05) is 6.61 Å². The Morgan fingerprint density at radius 2 is 1.96 bits per heavy atom. The van der Waals surface area contributed by atoms with Crippen LogP contribution in [0.5, 0.6) is 5.75 Å². The molecule has 0 fully saturated rings. The molecule has 0 saturated heterocycles. The second-order valence-electron chi connectivity index (χ2n) is 5.83. The van der Waals surface area contributed by atoms with Crippen molar-refractivity contribution in [3.05, 3.63) is 65.0 Å². The Morgan fingerprint density at radius 3 is 2.71 bits per heavy atom. The number of carbonyl (C=O) groups is 2. The van der Waals surface area contributed by atoms with Gasteiger partial charge in [-0.1, -0.05) is 24.3 Å². The van der Waals surface area contributed by atoms with Gasteiger partial charge in [0.15, 0.2) is 12.4 Å². The molecule has 0 saturated carbocycles. The fourth-order valence-electron chi connectivity index (χ4n) is 2.85. The van der Waals surface area contributed by atoms with E-state index in [2.05, 4.69) is 5.32 Å². The minimum atomic E-state index is -0.312. The van der Waals surface area contributed by atoms with Crippen molar-refractivity contribution in [2.24, 2.45) is 0 Å². The van der Waals surface area contributed by atoms with Crippen LogP contribution in [0, 0.1) is 5.82 Å². The van der Waals surface area contributed by atoms with Crippen molar-refractivity contribution < 1.29 is 18.7 Å². The number of hydrogen-bond donors (Lipinski definition) is 1. The first-order valence-electron chi connectivity index (χ1n) is 7.87. The molecule has 24 heavy (non-hydrogen) atoms. The second kappa shape index (κ2) is 6.83. The molecule has 0 spiro atoms. The number of ketones is 1. The number of ether oxygens (including phenoxy) is 1. The van der Waals surface area contributed by atoms with E-state index in [-0.39, 0.29) is 30.2 Å². The monoisotopic (exact) mass is 327 g/mol. The molecule has 1 N–H and O–H groups in total. The van der Waals surface area contributed by atoms with E-state index in [0.717, 1.165) is 11.1 Å². The summed E-state index contributed by atoms with van der Waals surface area (Å²) in [5, 5.41) is 2.81. The average Bonchev–Trinajstić information content (AvgIpc) is 2.95. The summed E-state index contributed by atoms with van der Waals surface area (Å²) in [5.41, 5.74) is 2.38. The molecule has 0 radical (unpaired) electrons. The van der Waals surface area contributed by atoms with Crippen LogP contribution in [-0.2, 0) is 11.2 Å². The standard InChI is InChI=1S/C19H18FNO3/c1-12(13-5-7-14(20)8-6-13)21-19(23)11-24-18-4-2-3-15-16(18)9-10-17(15)22/h2-8,12H,9-11H2,1H3,(H,21,23). The minimum Gasteiger partial charge on any atom is -0.483 e. The predicted octanol–water partition coefficient (Wildman–Crippen LogP) is 3.21. The molecule has 5 heteroatoms. The maximum Gasteiger partial charge on any atom is 0.258 e. The van der Waals surface area contributed by atoms with Gasteiger partial charge in [-0.2, -0.15) is 0 Å². The Kier molecular flexibility index (Phi) is 4.60. The molecule has 1 amide bonds. The summed E-state index contributed by atoms with van der Waals surface area (Å²) in [4.78, 5) is 23.8. The van der Waals surface area contributed by atoms with Gasteiger partial charge < -0.3 is 10.1 Å². The van der Waals surface area contributed by atoms with Crippen LogP contribution in [0.3, 0.4) is 0 Å². The molecule has 4 nitrogen and oxygen atoms in total. The van der Waals surface area contributed by atoms with Crippen molar-refractivity contribution in [3.8, 4) is 5.75 Å². The first-order valence-corrected chi connectivity index (χ1v) is 7.87. The summed E-state index contributed by atoms with van der Waals surface area (Å²) in [6.07, 6.45) is 1.14. The zero-order valence-electron chi connectivity index (χ0n) is 13.3. The Labute approximate surface area is 139 Å². The number of rotatable bonds is 5. The Morgan fingerprint density at radius 1 is 1.21 bits per heavy atom. The highest BCUT2D eigenvalue weighted by molar-refractivity contribution is 6.01. The zero-order chi connectivity index (χ0) is 17.1. The van der Waals surface area contributed by atoms with E-state index in [1.165, 1.54) is 12.1 Å². The van der Waals surface area contributed by atoms with Crippen LogP contribution in [-0.4, -0.2) is 18.3 Å². The van der Waals surface area contributed by atoms with Crippen LogP contribution in [0.1, 0.15) is 40.9 Å². The lowest BCUT2D eigenvalue weighted by Crippen LogP contribution is -2.31. The first kappa shape index (κ1) is 16.2. The lowest BCUT2D eigenvalue weighted by Gasteiger charge is -2.15. The van der Waals surface area contributed by atoms with E-state index in [1.807, 2.05) is 6.92 Å². The molecule has 0 heterocycles. The quantitative estimate of drug-likeness (QED) is 0.917. The van der Waals surface area contributed by atoms with Crippen molar-refractivity contribution in [3.63, 3.8) is 0 Å². The van der Waals surface area contributed by atoms with E-state index >= 15 is 0 Å². The first-order chi connectivity index (χ1) is 11.5. The maximum atomic E-state index is 12.9. The maximum absolute atomic E-state index is 12.9. The fraction of sp³-hybridized carbons (Fsp3) is 0.263. The van der Waals surface area contributed by atoms with Gasteiger partial charge >= 0.3 is 0 Å². The lowest BCUT2D eigenvalue weighted by atomic mass is 10.1. The number of nitrogens with one attached hydrogen (secondary N) is 1. The molecule has 1 unspecified atom stereocenters. The normalized spacial score (nSPS) is 14.2. The van der Waals surface area contributed by atoms with E-state index in [0.29, 0.717) is 24.2 Å². The van der Waals surface area contributed by atoms with E-state index in [1.54, 1.807) is 30.3 Å². The third kappa shape index (κ3) is 3.45. The summed E-state index contributed by atoms with van der Waals surface area (Å²) >= 11 is 0. The van der Waals surface area contributed by atoms with Crippen LogP contribution in [0.15, 0.2) is 42.5 Å². The van der Waals surface area contributed by atoms with Crippen LogP contribution in [0.25, 0.3) is 0 Å². The van der Waals surface area contributed by atoms with E-state index in [4.69, 9.17) is 4.74 Å². The molecular weight excluding hydrogens is 309 g/mol. The highest BCUT2D eigenvalue weighted by atomic mass is 19.1. The van der Waals surface area contributed by atoms with Gasteiger partial charge in [0.2, 0.25) is 0 Å². The number of benzene rings is 2. The number of fused-ring (bicyclic) bond motifs is 1. The zero-order valence-corrected chi connectivity index (χ0v) is 13.3. The smallest absolute Gasteiger partial charge is 0.258 e. The fourth-order valence-corrected chi connectivity index (χ4v) is 2.85. The molecule has 1 aliphatic rings. The van der Waals surface area contributed by atoms with Crippen LogP contribution in [0.2, 0.25) is 0 Å². The number of hydrogen-bond acceptors (Lipinski definition) is 3. The van der Waals surface area contributed by atoms with Crippen LogP contribution < -0.4 is 10.1 Å². The van der Waals surface area contributed by atoms with Gasteiger partial charge in [-0.15, -0.1) is 0 Å². The lowest BCUT2D eigenvalue weighted by molar-refractivity contribution is -0.123. The van der Waals surface area contributed by atoms with E-state index < -0.39 is 0 Å². The third-order valence-corrected chi connectivity index (χ3v) is 4.14. The Hall–Kier alpha value is -2.69. The molecule has 124 valence electrons.